The van der Waals surface area contributed by atoms with Crippen molar-refractivity contribution in [3.05, 3.63) is 47.5 Å². The SMILES string of the molecule is NCCc1ccc2cc(C(=O)N3CCN(CC(F)(F)F)CC3)ccc2c1. The first-order valence-corrected chi connectivity index (χ1v) is 8.67. The van der Waals surface area contributed by atoms with E-state index in [0.29, 0.717) is 25.2 Å². The van der Waals surface area contributed by atoms with Crippen LogP contribution in [0.1, 0.15) is 15.9 Å². The van der Waals surface area contributed by atoms with Gasteiger partial charge in [-0.05, 0) is 41.4 Å². The zero-order chi connectivity index (χ0) is 18.7. The summed E-state index contributed by atoms with van der Waals surface area (Å²) in [6.45, 7) is 0.756. The van der Waals surface area contributed by atoms with Crippen molar-refractivity contribution in [1.82, 2.24) is 9.80 Å². The van der Waals surface area contributed by atoms with Gasteiger partial charge in [0.05, 0.1) is 6.54 Å². The number of nitrogens with two attached hydrogens (primary N) is 1. The summed E-state index contributed by atoms with van der Waals surface area (Å²) in [5.41, 5.74) is 7.29. The Labute approximate surface area is 150 Å². The van der Waals surface area contributed by atoms with E-state index < -0.39 is 12.7 Å². The lowest BCUT2D eigenvalue weighted by atomic mass is 10.0. The largest absolute Gasteiger partial charge is 0.401 e. The summed E-state index contributed by atoms with van der Waals surface area (Å²) in [7, 11) is 0. The maximum Gasteiger partial charge on any atom is 0.401 e. The third-order valence-electron chi connectivity index (χ3n) is 4.65. The van der Waals surface area contributed by atoms with Crippen LogP contribution in [0.5, 0.6) is 0 Å². The Balaban J connectivity index is 1.67. The van der Waals surface area contributed by atoms with E-state index in [1.54, 1.807) is 11.0 Å². The third-order valence-corrected chi connectivity index (χ3v) is 4.65. The number of carbonyl (C=O) groups excluding carboxylic acids is 1. The van der Waals surface area contributed by atoms with E-state index in [1.165, 1.54) is 4.90 Å². The molecule has 4 nitrogen and oxygen atoms in total. The topological polar surface area (TPSA) is 49.6 Å². The molecule has 26 heavy (non-hydrogen) atoms. The first-order valence-electron chi connectivity index (χ1n) is 8.67. The fourth-order valence-electron chi connectivity index (χ4n) is 3.30. The molecule has 2 aromatic rings. The molecule has 1 saturated heterocycles. The van der Waals surface area contributed by atoms with E-state index in [1.807, 2.05) is 24.3 Å². The van der Waals surface area contributed by atoms with Crippen molar-refractivity contribution in [2.45, 2.75) is 12.6 Å². The first kappa shape index (κ1) is 18.7. The van der Waals surface area contributed by atoms with Gasteiger partial charge in [0.2, 0.25) is 0 Å². The number of halogens is 3. The van der Waals surface area contributed by atoms with Crippen LogP contribution in [-0.4, -0.2) is 61.2 Å². The number of nitrogens with zero attached hydrogens (tertiary/aromatic N) is 2. The Morgan fingerprint density at radius 2 is 1.65 bits per heavy atom. The first-order chi connectivity index (χ1) is 12.4. The Bertz CT molecular complexity index is 783. The molecule has 0 atom stereocenters. The second-order valence-corrected chi connectivity index (χ2v) is 6.62. The van der Waals surface area contributed by atoms with Crippen LogP contribution in [0, 0.1) is 0 Å². The van der Waals surface area contributed by atoms with E-state index in [4.69, 9.17) is 5.73 Å². The molecule has 0 radical (unpaired) electrons. The summed E-state index contributed by atoms with van der Waals surface area (Å²) >= 11 is 0. The number of hydrogen-bond acceptors (Lipinski definition) is 3. The highest BCUT2D eigenvalue weighted by molar-refractivity contribution is 5.98. The maximum absolute atomic E-state index is 12.7. The van der Waals surface area contributed by atoms with E-state index in [-0.39, 0.29) is 19.0 Å². The number of rotatable bonds is 4. The van der Waals surface area contributed by atoms with Gasteiger partial charge in [-0.15, -0.1) is 0 Å². The van der Waals surface area contributed by atoms with Gasteiger partial charge in [0.15, 0.2) is 0 Å². The Morgan fingerprint density at radius 3 is 2.31 bits per heavy atom. The minimum atomic E-state index is -4.20. The summed E-state index contributed by atoms with van der Waals surface area (Å²) in [5, 5.41) is 2.01. The van der Waals surface area contributed by atoms with Crippen molar-refractivity contribution in [2.75, 3.05) is 39.3 Å². The van der Waals surface area contributed by atoms with Crippen LogP contribution < -0.4 is 5.73 Å². The maximum atomic E-state index is 12.7. The highest BCUT2D eigenvalue weighted by atomic mass is 19.4. The molecular formula is C19H22F3N3O. The predicted octanol–water partition coefficient (Wildman–Crippen LogP) is 2.66. The molecule has 0 aliphatic carbocycles. The fourth-order valence-corrected chi connectivity index (χ4v) is 3.30. The molecular weight excluding hydrogens is 343 g/mol. The highest BCUT2D eigenvalue weighted by Crippen LogP contribution is 2.21. The Hall–Kier alpha value is -2.12. The molecule has 0 saturated carbocycles. The van der Waals surface area contributed by atoms with Crippen LogP contribution in [-0.2, 0) is 6.42 Å². The smallest absolute Gasteiger partial charge is 0.336 e. The van der Waals surface area contributed by atoms with Crippen molar-refractivity contribution in [1.29, 1.82) is 0 Å². The molecule has 2 aromatic carbocycles. The van der Waals surface area contributed by atoms with Gasteiger partial charge < -0.3 is 10.6 Å². The number of amides is 1. The van der Waals surface area contributed by atoms with Crippen LogP contribution in [0.15, 0.2) is 36.4 Å². The van der Waals surface area contributed by atoms with Crippen molar-refractivity contribution in [3.63, 3.8) is 0 Å². The minimum absolute atomic E-state index is 0.135. The van der Waals surface area contributed by atoms with E-state index in [9.17, 15) is 18.0 Å². The molecule has 3 rings (SSSR count). The summed E-state index contributed by atoms with van der Waals surface area (Å²) in [4.78, 5) is 15.6. The van der Waals surface area contributed by atoms with Crippen molar-refractivity contribution in [3.8, 4) is 0 Å². The highest BCUT2D eigenvalue weighted by Gasteiger charge is 2.33. The molecule has 0 unspecified atom stereocenters. The van der Waals surface area contributed by atoms with Gasteiger partial charge in [-0.1, -0.05) is 24.3 Å². The quantitative estimate of drug-likeness (QED) is 0.906. The van der Waals surface area contributed by atoms with E-state index in [2.05, 4.69) is 6.07 Å². The lowest BCUT2D eigenvalue weighted by Gasteiger charge is -2.35. The number of piperazine rings is 1. The number of benzene rings is 2. The molecule has 2 N–H and O–H groups in total. The molecule has 7 heteroatoms. The molecule has 1 heterocycles. The van der Waals surface area contributed by atoms with Gasteiger partial charge in [-0.2, -0.15) is 13.2 Å². The number of carbonyl (C=O) groups is 1. The second-order valence-electron chi connectivity index (χ2n) is 6.62. The zero-order valence-electron chi connectivity index (χ0n) is 14.4. The summed E-state index contributed by atoms with van der Waals surface area (Å²) in [5.74, 6) is -0.135. The molecule has 1 aliphatic rings. The lowest BCUT2D eigenvalue weighted by Crippen LogP contribution is -2.50. The average Bonchev–Trinajstić information content (AvgIpc) is 2.60. The van der Waals surface area contributed by atoms with Crippen molar-refractivity contribution < 1.29 is 18.0 Å². The number of hydrogen-bond donors (Lipinski definition) is 1. The van der Waals surface area contributed by atoms with Crippen LogP contribution in [0.25, 0.3) is 10.8 Å². The standard InChI is InChI=1S/C19H22F3N3O/c20-19(21,22)13-24-7-9-25(10-8-24)18(26)17-4-3-15-11-14(5-6-23)1-2-16(15)12-17/h1-4,11-12H,5-10,13,23H2. The van der Waals surface area contributed by atoms with E-state index >= 15 is 0 Å². The lowest BCUT2D eigenvalue weighted by molar-refractivity contribution is -0.148. The van der Waals surface area contributed by atoms with Gasteiger partial charge in [0, 0.05) is 31.7 Å². The molecule has 1 amide bonds. The predicted molar refractivity (Wildman–Crippen MR) is 95.1 cm³/mol. The van der Waals surface area contributed by atoms with Gasteiger partial charge >= 0.3 is 6.18 Å². The minimum Gasteiger partial charge on any atom is -0.336 e. The zero-order valence-corrected chi connectivity index (χ0v) is 14.4. The normalized spacial score (nSPS) is 16.2. The van der Waals surface area contributed by atoms with Crippen LogP contribution in [0.2, 0.25) is 0 Å². The second kappa shape index (κ2) is 7.63. The van der Waals surface area contributed by atoms with Crippen LogP contribution in [0.3, 0.4) is 0 Å². The third kappa shape index (κ3) is 4.53. The summed E-state index contributed by atoms with van der Waals surface area (Å²) in [6.07, 6.45) is -3.40. The monoisotopic (exact) mass is 365 g/mol. The van der Waals surface area contributed by atoms with Gasteiger partial charge in [0.1, 0.15) is 0 Å². The number of fused-ring (bicyclic) bond motifs is 1. The van der Waals surface area contributed by atoms with Crippen LogP contribution >= 0.6 is 0 Å². The molecule has 0 aromatic heterocycles. The Kier molecular flexibility index (Phi) is 5.48. The molecule has 140 valence electrons. The molecule has 0 bridgehead atoms. The van der Waals surface area contributed by atoms with E-state index in [0.717, 1.165) is 22.8 Å². The molecule has 1 aliphatic heterocycles. The van der Waals surface area contributed by atoms with Crippen molar-refractivity contribution in [2.24, 2.45) is 5.73 Å². The average molecular weight is 365 g/mol. The molecule has 0 spiro atoms. The van der Waals surface area contributed by atoms with Gasteiger partial charge in [0.25, 0.3) is 5.91 Å². The van der Waals surface area contributed by atoms with Crippen LogP contribution in [0.4, 0.5) is 13.2 Å². The van der Waals surface area contributed by atoms with Gasteiger partial charge in [-0.25, -0.2) is 0 Å². The summed E-state index contributed by atoms with van der Waals surface area (Å²) in [6, 6.07) is 11.6. The number of alkyl halides is 3. The van der Waals surface area contributed by atoms with Gasteiger partial charge in [-0.3, -0.25) is 9.69 Å². The fraction of sp³-hybridized carbons (Fsp3) is 0.421. The molecule has 1 fully saturated rings. The Morgan fingerprint density at radius 1 is 1.00 bits per heavy atom. The van der Waals surface area contributed by atoms with Crippen molar-refractivity contribution >= 4 is 16.7 Å². The summed E-state index contributed by atoms with van der Waals surface area (Å²) < 4.78 is 37.4.